The van der Waals surface area contributed by atoms with Crippen molar-refractivity contribution in [3.05, 3.63) is 53.4 Å². The number of rotatable bonds is 4. The van der Waals surface area contributed by atoms with Crippen molar-refractivity contribution in [2.45, 2.75) is 38.5 Å². The smallest absolute Gasteiger partial charge is 0.253 e. The highest BCUT2D eigenvalue weighted by Gasteiger charge is 2.31. The first-order chi connectivity index (χ1) is 15.1. The fourth-order valence-corrected chi connectivity index (χ4v) is 4.61. The predicted molar refractivity (Wildman–Crippen MR) is 116 cm³/mol. The van der Waals surface area contributed by atoms with Gasteiger partial charge in [0.2, 0.25) is 11.7 Å². The summed E-state index contributed by atoms with van der Waals surface area (Å²) in [5, 5.41) is 4.09. The molecule has 2 aliphatic rings. The summed E-state index contributed by atoms with van der Waals surface area (Å²) >= 11 is 0. The molecule has 1 atom stereocenters. The molecule has 1 aromatic carbocycles. The quantitative estimate of drug-likeness (QED) is 0.643. The summed E-state index contributed by atoms with van der Waals surface area (Å²) in [7, 11) is 2.11. The molecule has 31 heavy (non-hydrogen) atoms. The lowest BCUT2D eigenvalue weighted by atomic mass is 9.99. The van der Waals surface area contributed by atoms with E-state index in [2.05, 4.69) is 44.2 Å². The standard InChI is InChI=1S/C23H26N6O2/c1-3-20-26-22(27-31-20)18-12-24-14-25-21(18)17-8-10-29(13-17)23(30)16-6-7-19-15(11-16)5-4-9-28(19)2/h6-7,11-12,14,17H,3-5,8-10,13H2,1-2H3. The average molecular weight is 419 g/mol. The molecule has 8 heteroatoms. The van der Waals surface area contributed by atoms with Crippen molar-refractivity contribution in [2.75, 3.05) is 31.6 Å². The van der Waals surface area contributed by atoms with Crippen LogP contribution in [-0.2, 0) is 12.8 Å². The average Bonchev–Trinajstić information content (AvgIpc) is 3.48. The van der Waals surface area contributed by atoms with E-state index < -0.39 is 0 Å². The molecule has 3 aromatic rings. The highest BCUT2D eigenvalue weighted by molar-refractivity contribution is 5.95. The van der Waals surface area contributed by atoms with Gasteiger partial charge in [-0.05, 0) is 43.0 Å². The van der Waals surface area contributed by atoms with Gasteiger partial charge >= 0.3 is 0 Å². The molecule has 1 fully saturated rings. The molecule has 0 N–H and O–H groups in total. The van der Waals surface area contributed by atoms with Crippen molar-refractivity contribution < 1.29 is 9.32 Å². The lowest BCUT2D eigenvalue weighted by Crippen LogP contribution is -2.29. The maximum absolute atomic E-state index is 13.2. The van der Waals surface area contributed by atoms with Gasteiger partial charge in [-0.1, -0.05) is 12.1 Å². The van der Waals surface area contributed by atoms with Crippen LogP contribution in [0.1, 0.15) is 53.2 Å². The number of carbonyl (C=O) groups excluding carboxylic acids is 1. The van der Waals surface area contributed by atoms with Crippen molar-refractivity contribution >= 4 is 11.6 Å². The summed E-state index contributed by atoms with van der Waals surface area (Å²) in [6.45, 7) is 4.36. The molecule has 160 valence electrons. The van der Waals surface area contributed by atoms with E-state index >= 15 is 0 Å². The van der Waals surface area contributed by atoms with Crippen LogP contribution in [0, 0.1) is 0 Å². The molecule has 0 bridgehead atoms. The molecular weight excluding hydrogens is 392 g/mol. The van der Waals surface area contributed by atoms with Crippen molar-refractivity contribution in [1.82, 2.24) is 25.0 Å². The number of aryl methyl sites for hydroxylation is 2. The molecule has 0 spiro atoms. The number of likely N-dealkylation sites (tertiary alicyclic amines) is 1. The summed E-state index contributed by atoms with van der Waals surface area (Å²) in [4.78, 5) is 30.5. The van der Waals surface area contributed by atoms with Crippen molar-refractivity contribution in [3.63, 3.8) is 0 Å². The van der Waals surface area contributed by atoms with Gasteiger partial charge in [-0.25, -0.2) is 9.97 Å². The van der Waals surface area contributed by atoms with Gasteiger partial charge in [0.1, 0.15) is 6.33 Å². The number of aromatic nitrogens is 4. The van der Waals surface area contributed by atoms with Crippen LogP contribution in [0.15, 0.2) is 35.2 Å². The maximum Gasteiger partial charge on any atom is 0.253 e. The second-order valence-electron chi connectivity index (χ2n) is 8.29. The highest BCUT2D eigenvalue weighted by atomic mass is 16.5. The minimum absolute atomic E-state index is 0.0852. The van der Waals surface area contributed by atoms with Crippen LogP contribution in [-0.4, -0.2) is 57.6 Å². The van der Waals surface area contributed by atoms with Crippen LogP contribution < -0.4 is 4.90 Å². The number of anilines is 1. The van der Waals surface area contributed by atoms with Crippen LogP contribution in [0.4, 0.5) is 5.69 Å². The van der Waals surface area contributed by atoms with Gasteiger partial charge in [0.15, 0.2) is 0 Å². The Morgan fingerprint density at radius 3 is 3.03 bits per heavy atom. The third kappa shape index (κ3) is 3.66. The van der Waals surface area contributed by atoms with E-state index in [1.807, 2.05) is 17.9 Å². The van der Waals surface area contributed by atoms with E-state index in [1.54, 1.807) is 12.5 Å². The van der Waals surface area contributed by atoms with Gasteiger partial charge in [0.25, 0.3) is 5.91 Å². The summed E-state index contributed by atoms with van der Waals surface area (Å²) in [6.07, 6.45) is 6.96. The van der Waals surface area contributed by atoms with Crippen LogP contribution in [0.25, 0.3) is 11.4 Å². The van der Waals surface area contributed by atoms with Crippen LogP contribution in [0.5, 0.6) is 0 Å². The normalized spacial score (nSPS) is 18.3. The van der Waals surface area contributed by atoms with E-state index in [-0.39, 0.29) is 11.8 Å². The van der Waals surface area contributed by atoms with Gasteiger partial charge in [-0.3, -0.25) is 4.79 Å². The van der Waals surface area contributed by atoms with Gasteiger partial charge in [-0.15, -0.1) is 0 Å². The molecule has 1 amide bonds. The number of benzene rings is 1. The Kier molecular flexibility index (Phi) is 5.13. The SMILES string of the molecule is CCc1nc(-c2cncnc2C2CCN(C(=O)c3ccc4c(c3)CCCN4C)C2)no1. The van der Waals surface area contributed by atoms with Crippen LogP contribution in [0.2, 0.25) is 0 Å². The van der Waals surface area contributed by atoms with Gasteiger partial charge < -0.3 is 14.3 Å². The zero-order valence-electron chi connectivity index (χ0n) is 17.9. The number of nitrogens with zero attached hydrogens (tertiary/aromatic N) is 6. The molecule has 4 heterocycles. The number of hydrogen-bond donors (Lipinski definition) is 0. The highest BCUT2D eigenvalue weighted by Crippen LogP contribution is 2.33. The van der Waals surface area contributed by atoms with Gasteiger partial charge in [0, 0.05) is 56.5 Å². The summed E-state index contributed by atoms with van der Waals surface area (Å²) < 4.78 is 5.27. The number of carbonyl (C=O) groups is 1. The maximum atomic E-state index is 13.2. The Morgan fingerprint density at radius 1 is 1.29 bits per heavy atom. The Morgan fingerprint density at radius 2 is 2.19 bits per heavy atom. The first kappa shape index (κ1) is 19.7. The monoisotopic (exact) mass is 418 g/mol. The Hall–Kier alpha value is -3.29. The van der Waals surface area contributed by atoms with Gasteiger partial charge in [0.05, 0.1) is 11.3 Å². The largest absolute Gasteiger partial charge is 0.374 e. The Balaban J connectivity index is 1.36. The van der Waals surface area contributed by atoms with E-state index in [1.165, 1.54) is 11.3 Å². The Labute approximate surface area is 181 Å². The molecule has 0 aliphatic carbocycles. The second-order valence-corrected chi connectivity index (χ2v) is 8.29. The van der Waals surface area contributed by atoms with E-state index in [0.717, 1.165) is 42.6 Å². The van der Waals surface area contributed by atoms with Crippen molar-refractivity contribution in [3.8, 4) is 11.4 Å². The molecule has 1 saturated heterocycles. The fraction of sp³-hybridized carbons (Fsp3) is 0.435. The molecule has 0 radical (unpaired) electrons. The minimum Gasteiger partial charge on any atom is -0.374 e. The molecule has 0 saturated carbocycles. The zero-order chi connectivity index (χ0) is 21.4. The molecule has 8 nitrogen and oxygen atoms in total. The Bertz CT molecular complexity index is 1110. The van der Waals surface area contributed by atoms with Crippen molar-refractivity contribution in [2.24, 2.45) is 0 Å². The summed E-state index contributed by atoms with van der Waals surface area (Å²) in [5.41, 5.74) is 4.92. The molecule has 2 aromatic heterocycles. The summed E-state index contributed by atoms with van der Waals surface area (Å²) in [6, 6.07) is 6.11. The van der Waals surface area contributed by atoms with Gasteiger partial charge in [-0.2, -0.15) is 4.98 Å². The number of hydrogen-bond acceptors (Lipinski definition) is 7. The number of amides is 1. The van der Waals surface area contributed by atoms with Crippen molar-refractivity contribution in [1.29, 1.82) is 0 Å². The first-order valence-electron chi connectivity index (χ1n) is 10.9. The van der Waals surface area contributed by atoms with E-state index in [4.69, 9.17) is 4.52 Å². The molecule has 1 unspecified atom stereocenters. The lowest BCUT2D eigenvalue weighted by Gasteiger charge is -2.28. The third-order valence-corrected chi connectivity index (χ3v) is 6.29. The van der Waals surface area contributed by atoms with E-state index in [0.29, 0.717) is 31.2 Å². The fourth-order valence-electron chi connectivity index (χ4n) is 4.61. The minimum atomic E-state index is 0.0852. The number of fused-ring (bicyclic) bond motifs is 1. The zero-order valence-corrected chi connectivity index (χ0v) is 17.9. The van der Waals surface area contributed by atoms with Crippen LogP contribution in [0.3, 0.4) is 0 Å². The topological polar surface area (TPSA) is 88.3 Å². The molecule has 5 rings (SSSR count). The molecule has 2 aliphatic heterocycles. The molecular formula is C23H26N6O2. The second kappa shape index (κ2) is 8.09. The summed E-state index contributed by atoms with van der Waals surface area (Å²) in [5.74, 6) is 1.30. The van der Waals surface area contributed by atoms with E-state index in [9.17, 15) is 4.79 Å². The van der Waals surface area contributed by atoms with Crippen LogP contribution >= 0.6 is 0 Å². The third-order valence-electron chi connectivity index (χ3n) is 6.29. The first-order valence-corrected chi connectivity index (χ1v) is 10.9. The predicted octanol–water partition coefficient (Wildman–Crippen LogP) is 3.10. The lowest BCUT2D eigenvalue weighted by molar-refractivity contribution is 0.0790.